The summed E-state index contributed by atoms with van der Waals surface area (Å²) in [6.45, 7) is 0. The summed E-state index contributed by atoms with van der Waals surface area (Å²) in [5.41, 5.74) is 2.74. The first-order chi connectivity index (χ1) is 11.6. The maximum absolute atomic E-state index is 12.7. The lowest BCUT2D eigenvalue weighted by Crippen LogP contribution is -2.00. The highest BCUT2D eigenvalue weighted by molar-refractivity contribution is 7.99. The number of alkyl halides is 2. The van der Waals surface area contributed by atoms with Gasteiger partial charge >= 0.3 is 0 Å². The van der Waals surface area contributed by atoms with Gasteiger partial charge in [-0.05, 0) is 17.2 Å². The summed E-state index contributed by atoms with van der Waals surface area (Å²) < 4.78 is 25.4. The molecule has 0 atom stereocenters. The van der Waals surface area contributed by atoms with Crippen LogP contribution in [0.3, 0.4) is 0 Å². The molecular weight excluding hydrogens is 326 g/mol. The number of hydrogen-bond donors (Lipinski definition) is 0. The second-order valence-electron chi connectivity index (χ2n) is 5.15. The molecule has 0 aliphatic rings. The van der Waals surface area contributed by atoms with E-state index in [1.807, 2.05) is 24.3 Å². The van der Waals surface area contributed by atoms with Gasteiger partial charge in [0.2, 0.25) is 0 Å². The highest BCUT2D eigenvalue weighted by atomic mass is 32.2. The molecule has 120 valence electrons. The molecule has 0 saturated heterocycles. The zero-order valence-electron chi connectivity index (χ0n) is 12.7. The van der Waals surface area contributed by atoms with Crippen molar-refractivity contribution in [3.63, 3.8) is 0 Å². The third-order valence-electron chi connectivity index (χ3n) is 3.60. The minimum Gasteiger partial charge on any atom is -0.289 e. The largest absolute Gasteiger partial charge is 0.289 e. The lowest BCUT2D eigenvalue weighted by molar-refractivity contribution is 0.103. The van der Waals surface area contributed by atoms with Crippen LogP contribution in [0.2, 0.25) is 0 Å². The maximum Gasteiger partial charge on any atom is 0.288 e. The summed E-state index contributed by atoms with van der Waals surface area (Å²) in [5.74, 6) is -2.53. The van der Waals surface area contributed by atoms with Crippen LogP contribution < -0.4 is 0 Å². The molecule has 1 nitrogen and oxygen atoms in total. The Morgan fingerprint density at radius 2 is 1.33 bits per heavy atom. The number of halogens is 2. The molecule has 0 spiro atoms. The van der Waals surface area contributed by atoms with Gasteiger partial charge in [-0.3, -0.25) is 4.79 Å². The SMILES string of the molecule is O=C(c1ccccc1)c1ccc(-c2ccccc2SC(F)F)cc1. The monoisotopic (exact) mass is 340 g/mol. The fourth-order valence-corrected chi connectivity index (χ4v) is 3.12. The van der Waals surface area contributed by atoms with Crippen LogP contribution in [0, 0.1) is 0 Å². The van der Waals surface area contributed by atoms with E-state index in [0.29, 0.717) is 27.8 Å². The van der Waals surface area contributed by atoms with Crippen LogP contribution >= 0.6 is 11.8 Å². The van der Waals surface area contributed by atoms with Crippen molar-refractivity contribution in [1.29, 1.82) is 0 Å². The fourth-order valence-electron chi connectivity index (χ4n) is 2.46. The molecule has 0 unspecified atom stereocenters. The standard InChI is InChI=1S/C20H14F2OS/c21-20(22)24-18-9-5-4-8-17(18)14-10-12-16(13-11-14)19(23)15-6-2-1-3-7-15/h1-13,20H. The molecule has 3 aromatic rings. The number of thioether (sulfide) groups is 1. The van der Waals surface area contributed by atoms with Crippen LogP contribution in [0.4, 0.5) is 8.78 Å². The van der Waals surface area contributed by atoms with E-state index in [1.54, 1.807) is 54.6 Å². The van der Waals surface area contributed by atoms with Gasteiger partial charge in [0.1, 0.15) is 0 Å². The van der Waals surface area contributed by atoms with Crippen molar-refractivity contribution in [3.8, 4) is 11.1 Å². The number of hydrogen-bond acceptors (Lipinski definition) is 2. The minimum absolute atomic E-state index is 0.0580. The summed E-state index contributed by atoms with van der Waals surface area (Å²) in [5, 5.41) is 0. The van der Waals surface area contributed by atoms with E-state index in [2.05, 4.69) is 0 Å². The molecule has 0 saturated carbocycles. The van der Waals surface area contributed by atoms with E-state index in [-0.39, 0.29) is 5.78 Å². The van der Waals surface area contributed by atoms with E-state index in [4.69, 9.17) is 0 Å². The molecular formula is C20H14F2OS. The number of benzene rings is 3. The van der Waals surface area contributed by atoms with E-state index in [0.717, 1.165) is 11.1 Å². The molecule has 0 bridgehead atoms. The summed E-state index contributed by atoms with van der Waals surface area (Å²) in [6, 6.07) is 23.1. The van der Waals surface area contributed by atoms with Gasteiger partial charge in [0.15, 0.2) is 5.78 Å². The van der Waals surface area contributed by atoms with Crippen LogP contribution in [0.1, 0.15) is 15.9 Å². The van der Waals surface area contributed by atoms with Crippen LogP contribution in [0.25, 0.3) is 11.1 Å². The van der Waals surface area contributed by atoms with Gasteiger partial charge < -0.3 is 0 Å². The second-order valence-corrected chi connectivity index (χ2v) is 6.18. The number of rotatable bonds is 5. The molecule has 0 aliphatic heterocycles. The third kappa shape index (κ3) is 3.71. The molecule has 0 radical (unpaired) electrons. The van der Waals surface area contributed by atoms with E-state index < -0.39 is 5.76 Å². The van der Waals surface area contributed by atoms with Crippen molar-refractivity contribution in [1.82, 2.24) is 0 Å². The van der Waals surface area contributed by atoms with Gasteiger partial charge in [-0.1, -0.05) is 84.6 Å². The van der Waals surface area contributed by atoms with Gasteiger partial charge in [-0.25, -0.2) is 0 Å². The van der Waals surface area contributed by atoms with Crippen molar-refractivity contribution >= 4 is 17.5 Å². The summed E-state index contributed by atoms with van der Waals surface area (Å²) in [6.07, 6.45) is 0. The number of carbonyl (C=O) groups is 1. The van der Waals surface area contributed by atoms with E-state index in [1.165, 1.54) is 0 Å². The predicted molar refractivity (Wildman–Crippen MR) is 93.6 cm³/mol. The van der Waals surface area contributed by atoms with Gasteiger partial charge in [0.25, 0.3) is 5.76 Å². The average Bonchev–Trinajstić information content (AvgIpc) is 2.62. The van der Waals surface area contributed by atoms with E-state index >= 15 is 0 Å². The Bertz CT molecular complexity index is 830. The Labute approximate surface area is 143 Å². The summed E-state index contributed by atoms with van der Waals surface area (Å²) in [7, 11) is 0. The highest BCUT2D eigenvalue weighted by Crippen LogP contribution is 2.34. The van der Waals surface area contributed by atoms with Crippen molar-refractivity contribution in [2.24, 2.45) is 0 Å². The summed E-state index contributed by atoms with van der Waals surface area (Å²) in [4.78, 5) is 12.9. The Hall–Kier alpha value is -2.46. The van der Waals surface area contributed by atoms with Crippen molar-refractivity contribution in [3.05, 3.63) is 90.0 Å². The molecule has 0 amide bonds. The lowest BCUT2D eigenvalue weighted by Gasteiger charge is -2.09. The zero-order chi connectivity index (χ0) is 16.9. The molecule has 24 heavy (non-hydrogen) atoms. The molecule has 0 N–H and O–H groups in total. The van der Waals surface area contributed by atoms with Gasteiger partial charge in [-0.2, -0.15) is 8.78 Å². The topological polar surface area (TPSA) is 17.1 Å². The van der Waals surface area contributed by atoms with E-state index in [9.17, 15) is 13.6 Å². The van der Waals surface area contributed by atoms with Crippen molar-refractivity contribution < 1.29 is 13.6 Å². The van der Waals surface area contributed by atoms with Crippen molar-refractivity contribution in [2.45, 2.75) is 10.7 Å². The average molecular weight is 340 g/mol. The molecule has 3 rings (SSSR count). The Kier molecular flexibility index (Phi) is 5.06. The van der Waals surface area contributed by atoms with Crippen LogP contribution in [-0.4, -0.2) is 11.5 Å². The Morgan fingerprint density at radius 3 is 2.00 bits per heavy atom. The first kappa shape index (κ1) is 16.4. The zero-order valence-corrected chi connectivity index (χ0v) is 13.5. The van der Waals surface area contributed by atoms with Crippen LogP contribution in [-0.2, 0) is 0 Å². The Morgan fingerprint density at radius 1 is 0.750 bits per heavy atom. The lowest BCUT2D eigenvalue weighted by atomic mass is 9.99. The smallest absolute Gasteiger partial charge is 0.288 e. The molecule has 3 aromatic carbocycles. The second kappa shape index (κ2) is 7.41. The van der Waals surface area contributed by atoms with Gasteiger partial charge in [0.05, 0.1) is 0 Å². The molecule has 0 aliphatic carbocycles. The number of ketones is 1. The summed E-state index contributed by atoms with van der Waals surface area (Å²) >= 11 is 0.527. The third-order valence-corrected chi connectivity index (χ3v) is 4.39. The van der Waals surface area contributed by atoms with Gasteiger partial charge in [0, 0.05) is 16.0 Å². The fraction of sp³-hybridized carbons (Fsp3) is 0.0500. The minimum atomic E-state index is -2.47. The predicted octanol–water partition coefficient (Wildman–Crippen LogP) is 5.90. The number of carbonyl (C=O) groups excluding carboxylic acids is 1. The highest BCUT2D eigenvalue weighted by Gasteiger charge is 2.12. The van der Waals surface area contributed by atoms with Gasteiger partial charge in [-0.15, -0.1) is 0 Å². The normalized spacial score (nSPS) is 10.8. The quantitative estimate of drug-likeness (QED) is 0.425. The molecule has 4 heteroatoms. The van der Waals surface area contributed by atoms with Crippen LogP contribution in [0.5, 0.6) is 0 Å². The Balaban J connectivity index is 1.89. The van der Waals surface area contributed by atoms with Crippen molar-refractivity contribution in [2.75, 3.05) is 0 Å². The molecule has 0 heterocycles. The molecule has 0 aromatic heterocycles. The first-order valence-electron chi connectivity index (χ1n) is 7.39. The first-order valence-corrected chi connectivity index (χ1v) is 8.27. The molecule has 0 fully saturated rings. The van der Waals surface area contributed by atoms with Crippen LogP contribution in [0.15, 0.2) is 83.8 Å². The maximum atomic E-state index is 12.7.